The molecule has 0 spiro atoms. The normalized spacial score (nSPS) is 10.3. The number of rotatable bonds is 6. The van der Waals surface area contributed by atoms with Gasteiger partial charge in [0.15, 0.2) is 0 Å². The average molecular weight is 319 g/mol. The van der Waals surface area contributed by atoms with Gasteiger partial charge >= 0.3 is 0 Å². The molecule has 0 saturated heterocycles. The summed E-state index contributed by atoms with van der Waals surface area (Å²) in [6.45, 7) is 0.548. The number of benzene rings is 2. The summed E-state index contributed by atoms with van der Waals surface area (Å²) in [5.41, 5.74) is 1.04. The Kier molecular flexibility index (Phi) is 5.83. The molecule has 0 radical (unpaired) electrons. The average Bonchev–Trinajstić information content (AvgIpc) is 2.54. The predicted molar refractivity (Wildman–Crippen MR) is 86.6 cm³/mol. The first-order valence-corrected chi connectivity index (χ1v) is 7.82. The fourth-order valence-electron chi connectivity index (χ4n) is 1.88. The number of thioether (sulfide) groups is 1. The molecule has 0 fully saturated rings. The lowest BCUT2D eigenvalue weighted by Crippen LogP contribution is -2.27. The number of amides is 1. The van der Waals surface area contributed by atoms with Crippen LogP contribution < -0.4 is 4.74 Å². The smallest absolute Gasteiger partial charge is 0.232 e. The van der Waals surface area contributed by atoms with Gasteiger partial charge in [-0.3, -0.25) is 4.79 Å². The molecule has 2 aromatic carbocycles. The van der Waals surface area contributed by atoms with E-state index in [-0.39, 0.29) is 11.7 Å². The molecule has 0 aliphatic carbocycles. The largest absolute Gasteiger partial charge is 0.497 e. The minimum Gasteiger partial charge on any atom is -0.497 e. The maximum absolute atomic E-state index is 12.8. The Balaban J connectivity index is 1.84. The summed E-state index contributed by atoms with van der Waals surface area (Å²) in [7, 11) is 3.40. The Morgan fingerprint density at radius 1 is 1.14 bits per heavy atom. The SMILES string of the molecule is COc1ccc(CN(C)C(=O)CSc2ccc(F)cc2)cc1. The summed E-state index contributed by atoms with van der Waals surface area (Å²) in [5.74, 6) is 0.889. The van der Waals surface area contributed by atoms with Gasteiger partial charge in [0, 0.05) is 18.5 Å². The van der Waals surface area contributed by atoms with Crippen LogP contribution in [0, 0.1) is 5.82 Å². The topological polar surface area (TPSA) is 29.5 Å². The number of carbonyl (C=O) groups is 1. The number of carbonyl (C=O) groups excluding carboxylic acids is 1. The van der Waals surface area contributed by atoms with Gasteiger partial charge in [-0.15, -0.1) is 11.8 Å². The van der Waals surface area contributed by atoms with Gasteiger partial charge in [-0.1, -0.05) is 12.1 Å². The fraction of sp³-hybridized carbons (Fsp3) is 0.235. The molecular weight excluding hydrogens is 301 g/mol. The Labute approximate surface area is 134 Å². The maximum atomic E-state index is 12.8. The summed E-state index contributed by atoms with van der Waals surface area (Å²) >= 11 is 1.40. The summed E-state index contributed by atoms with van der Waals surface area (Å²) in [6, 6.07) is 13.8. The summed E-state index contributed by atoms with van der Waals surface area (Å²) < 4.78 is 17.9. The van der Waals surface area contributed by atoms with Crippen molar-refractivity contribution < 1.29 is 13.9 Å². The van der Waals surface area contributed by atoms with Crippen LogP contribution in [0.25, 0.3) is 0 Å². The number of hydrogen-bond acceptors (Lipinski definition) is 3. The fourth-order valence-corrected chi connectivity index (χ4v) is 2.72. The number of ether oxygens (including phenoxy) is 1. The Morgan fingerprint density at radius 2 is 1.77 bits per heavy atom. The van der Waals surface area contributed by atoms with E-state index >= 15 is 0 Å². The van der Waals surface area contributed by atoms with Crippen molar-refractivity contribution >= 4 is 17.7 Å². The third-order valence-corrected chi connectivity index (χ3v) is 4.18. The zero-order chi connectivity index (χ0) is 15.9. The molecule has 0 aliphatic heterocycles. The highest BCUT2D eigenvalue weighted by atomic mass is 32.2. The molecule has 1 amide bonds. The van der Waals surface area contributed by atoms with Gasteiger partial charge in [-0.05, 0) is 42.0 Å². The van der Waals surface area contributed by atoms with E-state index in [1.165, 1.54) is 23.9 Å². The third-order valence-electron chi connectivity index (χ3n) is 3.18. The van der Waals surface area contributed by atoms with Crippen molar-refractivity contribution in [3.8, 4) is 5.75 Å². The molecule has 22 heavy (non-hydrogen) atoms. The second-order valence-corrected chi connectivity index (χ2v) is 5.89. The van der Waals surface area contributed by atoms with Crippen molar-refractivity contribution in [1.29, 1.82) is 0 Å². The van der Waals surface area contributed by atoms with Crippen LogP contribution in [0.3, 0.4) is 0 Å². The predicted octanol–water partition coefficient (Wildman–Crippen LogP) is 3.59. The second-order valence-electron chi connectivity index (χ2n) is 4.84. The molecule has 116 valence electrons. The highest BCUT2D eigenvalue weighted by molar-refractivity contribution is 8.00. The van der Waals surface area contributed by atoms with E-state index in [4.69, 9.17) is 4.74 Å². The molecule has 5 heteroatoms. The van der Waals surface area contributed by atoms with E-state index in [1.807, 2.05) is 24.3 Å². The van der Waals surface area contributed by atoms with Crippen LogP contribution in [-0.2, 0) is 11.3 Å². The molecule has 0 bridgehead atoms. The van der Waals surface area contributed by atoms with E-state index in [0.717, 1.165) is 16.2 Å². The third kappa shape index (κ3) is 4.77. The number of nitrogens with zero attached hydrogens (tertiary/aromatic N) is 1. The molecule has 3 nitrogen and oxygen atoms in total. The van der Waals surface area contributed by atoms with Crippen molar-refractivity contribution in [2.24, 2.45) is 0 Å². The molecule has 0 unspecified atom stereocenters. The zero-order valence-electron chi connectivity index (χ0n) is 12.6. The minimum atomic E-state index is -0.271. The second kappa shape index (κ2) is 7.84. The van der Waals surface area contributed by atoms with Gasteiger partial charge in [0.05, 0.1) is 12.9 Å². The Bertz CT molecular complexity index is 614. The van der Waals surface area contributed by atoms with Crippen LogP contribution in [0.2, 0.25) is 0 Å². The quantitative estimate of drug-likeness (QED) is 0.762. The lowest BCUT2D eigenvalue weighted by atomic mass is 10.2. The maximum Gasteiger partial charge on any atom is 0.232 e. The van der Waals surface area contributed by atoms with Crippen molar-refractivity contribution in [1.82, 2.24) is 4.90 Å². The van der Waals surface area contributed by atoms with Crippen LogP contribution in [-0.4, -0.2) is 30.7 Å². The molecule has 2 aromatic rings. The van der Waals surface area contributed by atoms with Gasteiger partial charge < -0.3 is 9.64 Å². The van der Waals surface area contributed by atoms with Gasteiger partial charge in [0.25, 0.3) is 0 Å². The van der Waals surface area contributed by atoms with E-state index in [1.54, 1.807) is 31.2 Å². The standard InChI is InChI=1S/C17H18FNO2S/c1-19(11-13-3-7-15(21-2)8-4-13)17(20)12-22-16-9-5-14(18)6-10-16/h3-10H,11-12H2,1-2H3. The van der Waals surface area contributed by atoms with Crippen molar-refractivity contribution in [2.45, 2.75) is 11.4 Å². The zero-order valence-corrected chi connectivity index (χ0v) is 13.4. The van der Waals surface area contributed by atoms with Gasteiger partial charge in [0.1, 0.15) is 11.6 Å². The molecule has 0 atom stereocenters. The van der Waals surface area contributed by atoms with Crippen molar-refractivity contribution in [3.63, 3.8) is 0 Å². The first-order chi connectivity index (χ1) is 10.6. The molecule has 0 heterocycles. The van der Waals surface area contributed by atoms with Gasteiger partial charge in [0.2, 0.25) is 5.91 Å². The number of hydrogen-bond donors (Lipinski definition) is 0. The van der Waals surface area contributed by atoms with Gasteiger partial charge in [-0.2, -0.15) is 0 Å². The first kappa shape index (κ1) is 16.4. The summed E-state index contributed by atoms with van der Waals surface area (Å²) in [5, 5.41) is 0. The molecule has 0 N–H and O–H groups in total. The lowest BCUT2D eigenvalue weighted by molar-refractivity contribution is -0.127. The minimum absolute atomic E-state index is 0.0325. The van der Waals surface area contributed by atoms with Crippen molar-refractivity contribution in [3.05, 3.63) is 59.9 Å². The van der Waals surface area contributed by atoms with E-state index < -0.39 is 0 Å². The number of methoxy groups -OCH3 is 1. The van der Waals surface area contributed by atoms with Crippen LogP contribution in [0.5, 0.6) is 5.75 Å². The van der Waals surface area contributed by atoms with E-state index in [0.29, 0.717) is 12.3 Å². The van der Waals surface area contributed by atoms with Crippen LogP contribution in [0.15, 0.2) is 53.4 Å². The van der Waals surface area contributed by atoms with E-state index in [9.17, 15) is 9.18 Å². The molecule has 0 saturated carbocycles. The molecular formula is C17H18FNO2S. The molecule has 2 rings (SSSR count). The van der Waals surface area contributed by atoms with Crippen molar-refractivity contribution in [2.75, 3.05) is 19.9 Å². The van der Waals surface area contributed by atoms with E-state index in [2.05, 4.69) is 0 Å². The highest BCUT2D eigenvalue weighted by Crippen LogP contribution is 2.19. The first-order valence-electron chi connectivity index (χ1n) is 6.84. The summed E-state index contributed by atoms with van der Waals surface area (Å²) in [6.07, 6.45) is 0. The molecule has 0 aromatic heterocycles. The molecule has 0 aliphatic rings. The number of halogens is 1. The van der Waals surface area contributed by atoms with Crippen LogP contribution in [0.1, 0.15) is 5.56 Å². The lowest BCUT2D eigenvalue weighted by Gasteiger charge is -2.17. The Hall–Kier alpha value is -2.01. The van der Waals surface area contributed by atoms with Gasteiger partial charge in [-0.25, -0.2) is 4.39 Å². The Morgan fingerprint density at radius 3 is 2.36 bits per heavy atom. The van der Waals surface area contributed by atoms with Crippen LogP contribution in [0.4, 0.5) is 4.39 Å². The van der Waals surface area contributed by atoms with Crippen LogP contribution >= 0.6 is 11.8 Å². The highest BCUT2D eigenvalue weighted by Gasteiger charge is 2.10. The monoisotopic (exact) mass is 319 g/mol. The summed E-state index contributed by atoms with van der Waals surface area (Å²) in [4.78, 5) is 14.7.